The zero-order valence-electron chi connectivity index (χ0n) is 15.1. The third-order valence-corrected chi connectivity index (χ3v) is 6.42. The summed E-state index contributed by atoms with van der Waals surface area (Å²) in [5.41, 5.74) is 0.779. The van der Waals surface area contributed by atoms with Gasteiger partial charge in [0.15, 0.2) is 6.10 Å². The monoisotopic (exact) mass is 474 g/mol. The van der Waals surface area contributed by atoms with Crippen LogP contribution in [0.5, 0.6) is 5.75 Å². The lowest BCUT2D eigenvalue weighted by atomic mass is 10.2. The Morgan fingerprint density at radius 1 is 1.22 bits per heavy atom. The zero-order chi connectivity index (χ0) is 20.2. The molecule has 2 aromatic rings. The Bertz CT molecular complexity index is 917. The number of nitrogens with one attached hydrogen (secondary N) is 1. The Morgan fingerprint density at radius 3 is 2.41 bits per heavy atom. The third-order valence-electron chi connectivity index (χ3n) is 3.74. The maximum Gasteiger partial charge on any atom is 0.261 e. The van der Waals surface area contributed by atoms with Gasteiger partial charge in [0.1, 0.15) is 5.75 Å². The fourth-order valence-corrected chi connectivity index (χ4v) is 3.82. The molecule has 0 aliphatic heterocycles. The summed E-state index contributed by atoms with van der Waals surface area (Å²) in [7, 11) is -0.516. The number of halogens is 2. The second-order valence-corrected chi connectivity index (χ2v) is 9.43. The van der Waals surface area contributed by atoms with Crippen LogP contribution in [0, 0.1) is 0 Å². The van der Waals surface area contributed by atoms with Crippen molar-refractivity contribution in [3.63, 3.8) is 0 Å². The van der Waals surface area contributed by atoms with Crippen molar-refractivity contribution in [3.05, 3.63) is 57.5 Å². The van der Waals surface area contributed by atoms with Gasteiger partial charge in [-0.3, -0.25) is 4.79 Å². The third kappa shape index (κ3) is 5.68. The van der Waals surface area contributed by atoms with Crippen molar-refractivity contribution in [2.75, 3.05) is 14.1 Å². The first-order chi connectivity index (χ1) is 12.6. The second-order valence-electron chi connectivity index (χ2n) is 5.98. The molecule has 0 spiro atoms. The van der Waals surface area contributed by atoms with E-state index in [2.05, 4.69) is 21.2 Å². The quantitative estimate of drug-likeness (QED) is 0.666. The maximum absolute atomic E-state index is 12.2. The van der Waals surface area contributed by atoms with Gasteiger partial charge in [-0.25, -0.2) is 12.7 Å². The van der Waals surface area contributed by atoms with E-state index in [-0.39, 0.29) is 17.3 Å². The molecule has 0 heterocycles. The van der Waals surface area contributed by atoms with Crippen LogP contribution >= 0.6 is 27.5 Å². The summed E-state index contributed by atoms with van der Waals surface area (Å²) < 4.78 is 31.5. The van der Waals surface area contributed by atoms with Crippen LogP contribution in [0.4, 0.5) is 0 Å². The molecule has 9 heteroatoms. The van der Waals surface area contributed by atoms with E-state index in [1.54, 1.807) is 37.3 Å². The Morgan fingerprint density at radius 2 is 1.85 bits per heavy atom. The Balaban J connectivity index is 1.94. The predicted molar refractivity (Wildman–Crippen MR) is 108 cm³/mol. The van der Waals surface area contributed by atoms with E-state index in [1.165, 1.54) is 26.2 Å². The van der Waals surface area contributed by atoms with Crippen molar-refractivity contribution in [2.24, 2.45) is 0 Å². The first kappa shape index (κ1) is 21.7. The number of sulfonamides is 1. The normalized spacial score (nSPS) is 12.7. The van der Waals surface area contributed by atoms with Gasteiger partial charge >= 0.3 is 0 Å². The van der Waals surface area contributed by atoms with Crippen LogP contribution in [-0.4, -0.2) is 38.8 Å². The van der Waals surface area contributed by atoms with Gasteiger partial charge in [-0.1, -0.05) is 23.7 Å². The number of hydrogen-bond donors (Lipinski definition) is 1. The lowest BCUT2D eigenvalue weighted by Gasteiger charge is -2.16. The lowest BCUT2D eigenvalue weighted by Crippen LogP contribution is -2.36. The summed E-state index contributed by atoms with van der Waals surface area (Å²) in [5.74, 6) is 0.224. The highest BCUT2D eigenvalue weighted by atomic mass is 79.9. The predicted octanol–water partition coefficient (Wildman–Crippen LogP) is 3.44. The Labute approximate surface area is 172 Å². The molecule has 0 saturated carbocycles. The van der Waals surface area contributed by atoms with Gasteiger partial charge in [0.2, 0.25) is 10.0 Å². The number of carbonyl (C=O) groups excluding carboxylic acids is 1. The molecule has 27 heavy (non-hydrogen) atoms. The molecule has 1 amide bonds. The molecule has 2 rings (SSSR count). The van der Waals surface area contributed by atoms with Crippen molar-refractivity contribution < 1.29 is 17.9 Å². The Kier molecular flexibility index (Phi) is 7.27. The lowest BCUT2D eigenvalue weighted by molar-refractivity contribution is -0.127. The number of rotatable bonds is 7. The molecule has 0 aliphatic carbocycles. The molecule has 0 fully saturated rings. The van der Waals surface area contributed by atoms with Crippen molar-refractivity contribution in [1.29, 1.82) is 0 Å². The number of nitrogens with zero attached hydrogens (tertiary/aromatic N) is 1. The van der Waals surface area contributed by atoms with Gasteiger partial charge in [-0.05, 0) is 58.7 Å². The Hall–Kier alpha value is -1.61. The molecule has 1 unspecified atom stereocenters. The summed E-state index contributed by atoms with van der Waals surface area (Å²) in [6.45, 7) is 1.90. The van der Waals surface area contributed by atoms with Crippen LogP contribution in [0.1, 0.15) is 12.5 Å². The highest BCUT2D eigenvalue weighted by molar-refractivity contribution is 9.10. The molecule has 1 atom stereocenters. The van der Waals surface area contributed by atoms with Gasteiger partial charge in [0.25, 0.3) is 5.91 Å². The van der Waals surface area contributed by atoms with E-state index in [0.717, 1.165) is 9.87 Å². The summed E-state index contributed by atoms with van der Waals surface area (Å²) in [6.07, 6.45) is -0.712. The highest BCUT2D eigenvalue weighted by Crippen LogP contribution is 2.28. The smallest absolute Gasteiger partial charge is 0.261 e. The van der Waals surface area contributed by atoms with Crippen LogP contribution in [0.3, 0.4) is 0 Å². The average molecular weight is 476 g/mol. The highest BCUT2D eigenvalue weighted by Gasteiger charge is 2.18. The minimum Gasteiger partial charge on any atom is -0.480 e. The van der Waals surface area contributed by atoms with Crippen molar-refractivity contribution in [1.82, 2.24) is 9.62 Å². The van der Waals surface area contributed by atoms with Gasteiger partial charge in [-0.15, -0.1) is 0 Å². The molecular formula is C18H20BrClN2O4S. The van der Waals surface area contributed by atoms with Crippen LogP contribution in [0.25, 0.3) is 0 Å². The van der Waals surface area contributed by atoms with Crippen LogP contribution in [0.2, 0.25) is 5.02 Å². The second kappa shape index (κ2) is 9.05. The van der Waals surface area contributed by atoms with Gasteiger partial charge in [0, 0.05) is 25.7 Å². The van der Waals surface area contributed by atoms with E-state index in [9.17, 15) is 13.2 Å². The molecule has 0 aliphatic rings. The molecule has 0 saturated heterocycles. The molecule has 0 radical (unpaired) electrons. The number of ether oxygens (including phenoxy) is 1. The van der Waals surface area contributed by atoms with Crippen molar-refractivity contribution >= 4 is 43.5 Å². The number of amides is 1. The number of benzene rings is 2. The largest absolute Gasteiger partial charge is 0.480 e. The maximum atomic E-state index is 12.2. The van der Waals surface area contributed by atoms with Crippen molar-refractivity contribution in [3.8, 4) is 5.75 Å². The standard InChI is InChI=1S/C18H20BrClN2O4S/c1-12(26-17-9-6-14(20)10-16(17)19)18(23)21-11-13-4-7-15(8-5-13)27(24,25)22(2)3/h4-10,12H,11H2,1-3H3,(H,21,23). The molecule has 0 bridgehead atoms. The van der Waals surface area contributed by atoms with Gasteiger partial charge in [-0.2, -0.15) is 0 Å². The summed E-state index contributed by atoms with van der Waals surface area (Å²) in [4.78, 5) is 12.4. The van der Waals surface area contributed by atoms with E-state index >= 15 is 0 Å². The SMILES string of the molecule is CC(Oc1ccc(Cl)cc1Br)C(=O)NCc1ccc(S(=O)(=O)N(C)C)cc1. The average Bonchev–Trinajstić information content (AvgIpc) is 2.62. The number of hydrogen-bond acceptors (Lipinski definition) is 4. The van der Waals surface area contributed by atoms with E-state index in [0.29, 0.717) is 15.2 Å². The van der Waals surface area contributed by atoms with Crippen LogP contribution in [0.15, 0.2) is 51.8 Å². The first-order valence-electron chi connectivity index (χ1n) is 8.02. The van der Waals surface area contributed by atoms with E-state index < -0.39 is 16.1 Å². The van der Waals surface area contributed by atoms with Gasteiger partial charge < -0.3 is 10.1 Å². The minimum absolute atomic E-state index is 0.201. The first-order valence-corrected chi connectivity index (χ1v) is 10.6. The minimum atomic E-state index is -3.47. The van der Waals surface area contributed by atoms with E-state index in [4.69, 9.17) is 16.3 Å². The molecule has 2 aromatic carbocycles. The molecule has 0 aromatic heterocycles. The number of carbonyl (C=O) groups is 1. The fraction of sp³-hybridized carbons (Fsp3) is 0.278. The molecular weight excluding hydrogens is 456 g/mol. The summed E-state index contributed by atoms with van der Waals surface area (Å²) >= 11 is 9.22. The molecule has 146 valence electrons. The van der Waals surface area contributed by atoms with E-state index in [1.807, 2.05) is 0 Å². The zero-order valence-corrected chi connectivity index (χ0v) is 18.2. The van der Waals surface area contributed by atoms with Gasteiger partial charge in [0.05, 0.1) is 9.37 Å². The molecule has 1 N–H and O–H groups in total. The van der Waals surface area contributed by atoms with Crippen LogP contribution in [-0.2, 0) is 21.4 Å². The van der Waals surface area contributed by atoms with Crippen molar-refractivity contribution in [2.45, 2.75) is 24.5 Å². The summed E-state index contributed by atoms with van der Waals surface area (Å²) in [6, 6.07) is 11.4. The fourth-order valence-electron chi connectivity index (χ4n) is 2.14. The topological polar surface area (TPSA) is 75.7 Å². The van der Waals surface area contributed by atoms with Crippen LogP contribution < -0.4 is 10.1 Å². The summed E-state index contributed by atoms with van der Waals surface area (Å²) in [5, 5.41) is 3.33. The molecule has 6 nitrogen and oxygen atoms in total.